The smallest absolute Gasteiger partial charge is 0.309 e. The van der Waals surface area contributed by atoms with Crippen molar-refractivity contribution < 1.29 is 29.7 Å². The third-order valence-corrected chi connectivity index (χ3v) is 4.25. The second kappa shape index (κ2) is 11.9. The Balaban J connectivity index is 3.89. The van der Waals surface area contributed by atoms with E-state index in [4.69, 9.17) is 10.2 Å². The molecule has 0 aliphatic rings. The molecule has 6 nitrogen and oxygen atoms in total. The molecule has 0 aliphatic heterocycles. The van der Waals surface area contributed by atoms with Crippen molar-refractivity contribution in [3.63, 3.8) is 0 Å². The van der Waals surface area contributed by atoms with Gasteiger partial charge in [-0.15, -0.1) is 0 Å². The quantitative estimate of drug-likeness (QED) is 0.392. The Bertz CT molecular complexity index is 351. The minimum Gasteiger partial charge on any atom is -0.481 e. The van der Waals surface area contributed by atoms with Crippen LogP contribution in [0.5, 0.6) is 0 Å². The Labute approximate surface area is 137 Å². The van der Waals surface area contributed by atoms with Gasteiger partial charge in [-0.1, -0.05) is 38.5 Å². The molecule has 0 atom stereocenters. The molecule has 0 unspecified atom stereocenters. The van der Waals surface area contributed by atoms with Gasteiger partial charge < -0.3 is 15.3 Å². The molecular weight excluding hydrogens is 300 g/mol. The van der Waals surface area contributed by atoms with Crippen molar-refractivity contribution in [2.45, 2.75) is 84.0 Å². The van der Waals surface area contributed by atoms with Crippen molar-refractivity contribution in [2.75, 3.05) is 0 Å². The van der Waals surface area contributed by atoms with Crippen LogP contribution in [0, 0.1) is 5.41 Å². The molecule has 0 amide bonds. The summed E-state index contributed by atoms with van der Waals surface area (Å²) < 4.78 is 0. The largest absolute Gasteiger partial charge is 0.481 e. The Morgan fingerprint density at radius 1 is 0.652 bits per heavy atom. The van der Waals surface area contributed by atoms with E-state index in [0.717, 1.165) is 38.5 Å². The normalized spacial score (nSPS) is 11.3. The van der Waals surface area contributed by atoms with Crippen molar-refractivity contribution in [2.24, 2.45) is 5.41 Å². The van der Waals surface area contributed by atoms with Crippen LogP contribution in [0.15, 0.2) is 0 Å². The molecule has 0 radical (unpaired) electrons. The lowest BCUT2D eigenvalue weighted by atomic mass is 9.80. The van der Waals surface area contributed by atoms with Crippen LogP contribution < -0.4 is 0 Å². The first-order valence-corrected chi connectivity index (χ1v) is 8.45. The maximum atomic E-state index is 11.5. The fourth-order valence-electron chi connectivity index (χ4n) is 2.63. The van der Waals surface area contributed by atoms with Gasteiger partial charge in [-0.25, -0.2) is 0 Å². The number of aliphatic carboxylic acids is 3. The molecule has 3 N–H and O–H groups in total. The first-order chi connectivity index (χ1) is 10.8. The highest BCUT2D eigenvalue weighted by atomic mass is 16.4. The molecule has 0 saturated carbocycles. The number of hydrogen-bond acceptors (Lipinski definition) is 3. The Kier molecular flexibility index (Phi) is 11.1. The van der Waals surface area contributed by atoms with Crippen molar-refractivity contribution in [1.29, 1.82) is 0 Å². The van der Waals surface area contributed by atoms with Gasteiger partial charge in [0.1, 0.15) is 0 Å². The second-order valence-electron chi connectivity index (χ2n) is 6.48. The van der Waals surface area contributed by atoms with Crippen LogP contribution in [0.25, 0.3) is 0 Å². The van der Waals surface area contributed by atoms with Crippen LogP contribution in [0.2, 0.25) is 0 Å². The van der Waals surface area contributed by atoms with Crippen molar-refractivity contribution in [3.8, 4) is 0 Å². The SMILES string of the molecule is CC(CCCCCCC(=O)O)(CCCCCCC(=O)O)C(=O)O. The van der Waals surface area contributed by atoms with E-state index in [-0.39, 0.29) is 12.8 Å². The van der Waals surface area contributed by atoms with Gasteiger partial charge in [0.05, 0.1) is 5.41 Å². The molecule has 23 heavy (non-hydrogen) atoms. The highest BCUT2D eigenvalue weighted by Crippen LogP contribution is 2.31. The van der Waals surface area contributed by atoms with E-state index >= 15 is 0 Å². The Morgan fingerprint density at radius 3 is 1.30 bits per heavy atom. The van der Waals surface area contributed by atoms with Crippen LogP contribution in [-0.2, 0) is 14.4 Å². The van der Waals surface area contributed by atoms with Gasteiger partial charge in [0, 0.05) is 12.8 Å². The molecule has 0 saturated heterocycles. The summed E-state index contributed by atoms with van der Waals surface area (Å²) in [7, 11) is 0. The summed E-state index contributed by atoms with van der Waals surface area (Å²) in [5.41, 5.74) is -0.737. The number of hydrogen-bond donors (Lipinski definition) is 3. The number of carbonyl (C=O) groups is 3. The molecule has 0 rings (SSSR count). The molecule has 6 heteroatoms. The topological polar surface area (TPSA) is 112 Å². The first-order valence-electron chi connectivity index (χ1n) is 8.45. The lowest BCUT2D eigenvalue weighted by Gasteiger charge is -2.24. The molecular formula is C17H30O6. The lowest BCUT2D eigenvalue weighted by molar-refractivity contribution is -0.149. The molecule has 0 aliphatic carbocycles. The Hall–Kier alpha value is -1.59. The maximum Gasteiger partial charge on any atom is 0.309 e. The maximum absolute atomic E-state index is 11.5. The van der Waals surface area contributed by atoms with Crippen LogP contribution >= 0.6 is 0 Å². The summed E-state index contributed by atoms with van der Waals surface area (Å²) in [6.07, 6.45) is 7.76. The highest BCUT2D eigenvalue weighted by molar-refractivity contribution is 5.74. The first kappa shape index (κ1) is 21.4. The van der Waals surface area contributed by atoms with Gasteiger partial charge in [0.25, 0.3) is 0 Å². The minimum absolute atomic E-state index is 0.173. The lowest BCUT2D eigenvalue weighted by Crippen LogP contribution is -2.27. The minimum atomic E-state index is -0.789. The fraction of sp³-hybridized carbons (Fsp3) is 0.824. The fourth-order valence-corrected chi connectivity index (χ4v) is 2.63. The molecule has 0 aromatic heterocycles. The average molecular weight is 330 g/mol. The van der Waals surface area contributed by atoms with E-state index in [9.17, 15) is 19.5 Å². The van der Waals surface area contributed by atoms with Crippen molar-refractivity contribution in [3.05, 3.63) is 0 Å². The molecule has 0 fully saturated rings. The molecule has 0 heterocycles. The van der Waals surface area contributed by atoms with Gasteiger partial charge in [-0.3, -0.25) is 14.4 Å². The van der Waals surface area contributed by atoms with Crippen molar-refractivity contribution >= 4 is 17.9 Å². The predicted molar refractivity (Wildman–Crippen MR) is 86.4 cm³/mol. The zero-order chi connectivity index (χ0) is 17.7. The number of carboxylic acids is 3. The number of rotatable bonds is 15. The summed E-state index contributed by atoms with van der Waals surface area (Å²) in [6.45, 7) is 1.77. The van der Waals surface area contributed by atoms with E-state index in [2.05, 4.69) is 0 Å². The van der Waals surface area contributed by atoms with E-state index in [1.54, 1.807) is 6.92 Å². The number of carboxylic acid groups (broad SMARTS) is 3. The predicted octanol–water partition coefficient (Wildman–Crippen LogP) is 3.93. The standard InChI is InChI=1S/C17H30O6/c1-17(16(22)23,12-8-4-2-6-10-14(18)19)13-9-5-3-7-11-15(20)21/h2-13H2,1H3,(H,18,19)(H,20,21)(H,22,23). The third-order valence-electron chi connectivity index (χ3n) is 4.25. The summed E-state index contributed by atoms with van der Waals surface area (Å²) in [5.74, 6) is -2.36. The van der Waals surface area contributed by atoms with Crippen LogP contribution in [0.4, 0.5) is 0 Å². The third kappa shape index (κ3) is 11.6. The highest BCUT2D eigenvalue weighted by Gasteiger charge is 2.31. The zero-order valence-electron chi connectivity index (χ0n) is 14.1. The molecule has 0 spiro atoms. The summed E-state index contributed by atoms with van der Waals surface area (Å²) >= 11 is 0. The molecule has 134 valence electrons. The van der Waals surface area contributed by atoms with E-state index < -0.39 is 23.3 Å². The van der Waals surface area contributed by atoms with E-state index in [1.807, 2.05) is 0 Å². The van der Waals surface area contributed by atoms with Crippen LogP contribution in [0.1, 0.15) is 84.0 Å². The number of unbranched alkanes of at least 4 members (excludes halogenated alkanes) is 6. The van der Waals surface area contributed by atoms with E-state index in [1.165, 1.54) is 0 Å². The van der Waals surface area contributed by atoms with Crippen LogP contribution in [-0.4, -0.2) is 33.2 Å². The Morgan fingerprint density at radius 2 is 1.00 bits per heavy atom. The summed E-state index contributed by atoms with van der Waals surface area (Å²) in [5, 5.41) is 26.5. The monoisotopic (exact) mass is 330 g/mol. The van der Waals surface area contributed by atoms with Gasteiger partial charge in [0.15, 0.2) is 0 Å². The van der Waals surface area contributed by atoms with Gasteiger partial charge in [-0.2, -0.15) is 0 Å². The van der Waals surface area contributed by atoms with Crippen molar-refractivity contribution in [1.82, 2.24) is 0 Å². The molecule has 0 aromatic rings. The van der Waals surface area contributed by atoms with Crippen LogP contribution in [0.3, 0.4) is 0 Å². The zero-order valence-corrected chi connectivity index (χ0v) is 14.1. The molecule has 0 aromatic carbocycles. The van der Waals surface area contributed by atoms with Gasteiger partial charge in [-0.05, 0) is 32.6 Å². The van der Waals surface area contributed by atoms with Gasteiger partial charge in [0.2, 0.25) is 0 Å². The molecule has 0 bridgehead atoms. The average Bonchev–Trinajstić information content (AvgIpc) is 2.45. The second-order valence-corrected chi connectivity index (χ2v) is 6.48. The van der Waals surface area contributed by atoms with E-state index in [0.29, 0.717) is 25.7 Å². The van der Waals surface area contributed by atoms with Gasteiger partial charge >= 0.3 is 17.9 Å². The summed E-state index contributed by atoms with van der Waals surface area (Å²) in [6, 6.07) is 0. The summed E-state index contributed by atoms with van der Waals surface area (Å²) in [4.78, 5) is 32.3.